The minimum atomic E-state index is 0.0728. The molecule has 2 aromatic heterocycles. The lowest BCUT2D eigenvalue weighted by atomic mass is 9.43. The molecular formula is C42H25BN2S. The smallest absolute Gasteiger partial charge is 0.329 e. The van der Waals surface area contributed by atoms with Gasteiger partial charge < -0.3 is 9.38 Å². The lowest BCUT2D eigenvalue weighted by molar-refractivity contribution is 1.18. The quantitative estimate of drug-likeness (QED) is 0.170. The maximum absolute atomic E-state index is 2.59. The predicted molar refractivity (Wildman–Crippen MR) is 198 cm³/mol. The summed E-state index contributed by atoms with van der Waals surface area (Å²) < 4.78 is 5.15. The fourth-order valence-electron chi connectivity index (χ4n) is 8.36. The Morgan fingerprint density at radius 2 is 1.15 bits per heavy atom. The Labute approximate surface area is 270 Å². The second-order valence-electron chi connectivity index (χ2n) is 12.5. The van der Waals surface area contributed by atoms with Crippen molar-refractivity contribution in [3.05, 3.63) is 152 Å². The van der Waals surface area contributed by atoms with E-state index in [4.69, 9.17) is 0 Å². The molecule has 0 bridgehead atoms. The Morgan fingerprint density at radius 1 is 0.457 bits per heavy atom. The second kappa shape index (κ2) is 9.00. The summed E-state index contributed by atoms with van der Waals surface area (Å²) in [6.07, 6.45) is 0. The summed E-state index contributed by atoms with van der Waals surface area (Å²) in [5, 5.41) is 5.29. The van der Waals surface area contributed by atoms with Gasteiger partial charge in [0.1, 0.15) is 0 Å². The van der Waals surface area contributed by atoms with E-state index in [0.29, 0.717) is 0 Å². The van der Waals surface area contributed by atoms with Gasteiger partial charge in [-0.3, -0.25) is 0 Å². The molecule has 4 heterocycles. The number of fused-ring (bicyclic) bond motifs is 18. The molecule has 0 aliphatic carbocycles. The molecule has 46 heavy (non-hydrogen) atoms. The number of nitrogens with zero attached hydrogens (tertiary/aromatic N) is 2. The maximum Gasteiger partial charge on any atom is 0.329 e. The van der Waals surface area contributed by atoms with E-state index in [1.807, 2.05) is 11.3 Å². The molecule has 0 saturated carbocycles. The van der Waals surface area contributed by atoms with E-state index in [9.17, 15) is 0 Å². The molecule has 0 atom stereocenters. The first kappa shape index (κ1) is 24.7. The third-order valence-corrected chi connectivity index (χ3v) is 11.3. The third-order valence-electron chi connectivity index (χ3n) is 10.2. The van der Waals surface area contributed by atoms with Crippen LogP contribution in [0.2, 0.25) is 0 Å². The first-order valence-corrected chi connectivity index (χ1v) is 16.7. The van der Waals surface area contributed by atoms with Gasteiger partial charge in [-0.25, -0.2) is 0 Å². The number of hydrogen-bond donors (Lipinski definition) is 0. The SMILES string of the molecule is c1ccc(-n2c3cc4c(cc3c3c5c(ccc32)B2c3ccccc3-c3ccccc3N2c2ccccc2-5)sc2ccccc24)cc1. The summed E-state index contributed by atoms with van der Waals surface area (Å²) in [4.78, 5) is 2.59. The van der Waals surface area contributed by atoms with Crippen molar-refractivity contribution in [1.29, 1.82) is 0 Å². The van der Waals surface area contributed by atoms with E-state index >= 15 is 0 Å². The second-order valence-corrected chi connectivity index (χ2v) is 13.5. The fraction of sp³-hybridized carbons (Fsp3) is 0. The molecule has 0 unspecified atom stereocenters. The standard InChI is InChI=1S/C42H25BN2S/c1-2-12-26(13-3-1)44-37-23-22-34-41(42(37)32-25-40-31(24-38(32)44)29-16-7-11-21-39(29)46-40)30-17-6-10-20-36(30)45-35-19-9-5-15-28(35)27-14-4-8-18-33(27)43(34)45/h1-25H. The molecule has 0 saturated heterocycles. The highest BCUT2D eigenvalue weighted by Crippen LogP contribution is 2.49. The maximum atomic E-state index is 2.59. The van der Waals surface area contributed by atoms with Gasteiger partial charge >= 0.3 is 6.85 Å². The highest BCUT2D eigenvalue weighted by molar-refractivity contribution is 7.25. The van der Waals surface area contributed by atoms with Gasteiger partial charge in [0.2, 0.25) is 0 Å². The van der Waals surface area contributed by atoms with Gasteiger partial charge in [-0.15, -0.1) is 11.3 Å². The largest absolute Gasteiger partial charge is 0.376 e. The summed E-state index contributed by atoms with van der Waals surface area (Å²) in [5.74, 6) is 0. The Morgan fingerprint density at radius 3 is 2.02 bits per heavy atom. The number of benzene rings is 7. The molecule has 212 valence electrons. The van der Waals surface area contributed by atoms with Crippen molar-refractivity contribution in [2.45, 2.75) is 0 Å². The van der Waals surface area contributed by atoms with Crippen molar-refractivity contribution in [3.8, 4) is 27.9 Å². The Kier molecular flexibility index (Phi) is 4.83. The third kappa shape index (κ3) is 3.12. The Hall–Kier alpha value is -5.58. The lowest BCUT2D eigenvalue weighted by Crippen LogP contribution is -2.59. The van der Waals surface area contributed by atoms with Crippen LogP contribution in [0, 0.1) is 0 Å². The van der Waals surface area contributed by atoms with Crippen LogP contribution in [0.15, 0.2) is 152 Å². The monoisotopic (exact) mass is 600 g/mol. The van der Waals surface area contributed by atoms with Gasteiger partial charge in [0.25, 0.3) is 0 Å². The number of rotatable bonds is 1. The Bertz CT molecular complexity index is 2720. The van der Waals surface area contributed by atoms with Crippen molar-refractivity contribution < 1.29 is 0 Å². The van der Waals surface area contributed by atoms with Gasteiger partial charge in [0.15, 0.2) is 0 Å². The van der Waals surface area contributed by atoms with E-state index in [2.05, 4.69) is 161 Å². The van der Waals surface area contributed by atoms with Crippen LogP contribution in [0.1, 0.15) is 0 Å². The summed E-state index contributed by atoms with van der Waals surface area (Å²) in [7, 11) is 0. The molecule has 0 N–H and O–H groups in total. The van der Waals surface area contributed by atoms with E-state index in [-0.39, 0.29) is 6.85 Å². The van der Waals surface area contributed by atoms with Gasteiger partial charge in [-0.1, -0.05) is 103 Å². The molecule has 2 nitrogen and oxygen atoms in total. The molecule has 11 rings (SSSR count). The minimum Gasteiger partial charge on any atom is -0.376 e. The van der Waals surface area contributed by atoms with Crippen molar-refractivity contribution in [2.24, 2.45) is 0 Å². The van der Waals surface area contributed by atoms with Crippen LogP contribution in [0.4, 0.5) is 11.4 Å². The molecular weight excluding hydrogens is 575 g/mol. The first-order valence-electron chi connectivity index (χ1n) is 15.9. The van der Waals surface area contributed by atoms with Crippen molar-refractivity contribution in [1.82, 2.24) is 4.57 Å². The van der Waals surface area contributed by atoms with E-state index in [0.717, 1.165) is 0 Å². The van der Waals surface area contributed by atoms with Crippen LogP contribution in [0.3, 0.4) is 0 Å². The number of aromatic nitrogens is 1. The lowest BCUT2D eigenvalue weighted by Gasteiger charge is -2.43. The van der Waals surface area contributed by atoms with Gasteiger partial charge in [-0.05, 0) is 70.6 Å². The predicted octanol–water partition coefficient (Wildman–Crippen LogP) is 10.1. The summed E-state index contributed by atoms with van der Waals surface area (Å²) >= 11 is 1.90. The highest BCUT2D eigenvalue weighted by Gasteiger charge is 2.43. The zero-order valence-corrected chi connectivity index (χ0v) is 25.6. The van der Waals surface area contributed by atoms with Crippen molar-refractivity contribution >= 4 is 82.5 Å². The molecule has 2 aliphatic heterocycles. The summed E-state index contributed by atoms with van der Waals surface area (Å²) in [6, 6.07) is 56.3. The fourth-order valence-corrected chi connectivity index (χ4v) is 9.48. The highest BCUT2D eigenvalue weighted by atomic mass is 32.1. The van der Waals surface area contributed by atoms with Crippen LogP contribution in [-0.2, 0) is 0 Å². The molecule has 2 aliphatic rings. The van der Waals surface area contributed by atoms with E-state index < -0.39 is 0 Å². The average Bonchev–Trinajstić information content (AvgIpc) is 3.65. The Balaban J connectivity index is 1.33. The molecule has 0 radical (unpaired) electrons. The number of hydrogen-bond acceptors (Lipinski definition) is 2. The van der Waals surface area contributed by atoms with Crippen LogP contribution < -0.4 is 15.7 Å². The molecule has 0 spiro atoms. The molecule has 0 fully saturated rings. The van der Waals surface area contributed by atoms with Crippen LogP contribution in [0.25, 0.3) is 69.9 Å². The van der Waals surface area contributed by atoms with Gasteiger partial charge in [0.05, 0.1) is 11.0 Å². The van der Waals surface area contributed by atoms with Gasteiger partial charge in [0, 0.05) is 59.1 Å². The summed E-state index contributed by atoms with van der Waals surface area (Å²) in [5.41, 5.74) is 14.2. The molecule has 7 aromatic carbocycles. The zero-order chi connectivity index (χ0) is 29.9. The van der Waals surface area contributed by atoms with E-state index in [1.165, 1.54) is 92.2 Å². The summed E-state index contributed by atoms with van der Waals surface area (Å²) in [6.45, 7) is 0.0728. The zero-order valence-electron chi connectivity index (χ0n) is 24.8. The number of para-hydroxylation sites is 3. The van der Waals surface area contributed by atoms with Crippen molar-refractivity contribution in [3.63, 3.8) is 0 Å². The minimum absolute atomic E-state index is 0.0728. The normalized spacial score (nSPS) is 13.1. The average molecular weight is 601 g/mol. The number of anilines is 2. The van der Waals surface area contributed by atoms with Crippen molar-refractivity contribution in [2.75, 3.05) is 4.81 Å². The molecule has 4 heteroatoms. The van der Waals surface area contributed by atoms with Crippen LogP contribution >= 0.6 is 11.3 Å². The van der Waals surface area contributed by atoms with Crippen LogP contribution in [-0.4, -0.2) is 11.4 Å². The van der Waals surface area contributed by atoms with Gasteiger partial charge in [-0.2, -0.15) is 0 Å². The first-order chi connectivity index (χ1) is 22.8. The van der Waals surface area contributed by atoms with E-state index in [1.54, 1.807) is 0 Å². The molecule has 9 aromatic rings. The molecule has 0 amide bonds. The number of thiophene rings is 1. The van der Waals surface area contributed by atoms with Crippen LogP contribution in [0.5, 0.6) is 0 Å². The topological polar surface area (TPSA) is 8.17 Å².